The molecule has 3 rings (SSSR count). The van der Waals surface area contributed by atoms with Crippen molar-refractivity contribution in [3.05, 3.63) is 36.2 Å². The molecule has 2 heterocycles. The molecule has 0 radical (unpaired) electrons. The number of amides is 3. The molecule has 9 heteroatoms. The Morgan fingerprint density at radius 1 is 1.30 bits per heavy atom. The summed E-state index contributed by atoms with van der Waals surface area (Å²) in [6, 6.07) is 6.35. The van der Waals surface area contributed by atoms with E-state index in [-0.39, 0.29) is 30.5 Å². The van der Waals surface area contributed by atoms with Gasteiger partial charge in [0, 0.05) is 12.5 Å². The lowest BCUT2D eigenvalue weighted by Gasteiger charge is -2.15. The second-order valence-electron chi connectivity index (χ2n) is 6.25. The van der Waals surface area contributed by atoms with Crippen LogP contribution in [0.5, 0.6) is 0 Å². The minimum Gasteiger partial charge on any atom is -0.356 e. The van der Waals surface area contributed by atoms with E-state index in [2.05, 4.69) is 25.9 Å². The predicted octanol–water partition coefficient (Wildman–Crippen LogP) is -0.430. The van der Waals surface area contributed by atoms with Crippen molar-refractivity contribution in [3.8, 4) is 0 Å². The van der Waals surface area contributed by atoms with Crippen LogP contribution in [0, 0.1) is 5.92 Å². The molecule has 140 valence electrons. The van der Waals surface area contributed by atoms with Crippen molar-refractivity contribution in [1.82, 2.24) is 25.9 Å². The first kappa shape index (κ1) is 18.4. The average Bonchev–Trinajstić information content (AvgIpc) is 3.09. The molecule has 0 spiro atoms. The normalized spacial score (nSPS) is 17.2. The number of nitrogens with zero attached hydrogens (tertiary/aromatic N) is 2. The van der Waals surface area contributed by atoms with Crippen molar-refractivity contribution in [2.75, 3.05) is 13.1 Å². The zero-order valence-corrected chi connectivity index (χ0v) is 14.5. The number of para-hydroxylation sites is 2. The number of benzene rings is 1. The molecule has 0 saturated carbocycles. The van der Waals surface area contributed by atoms with E-state index in [0.29, 0.717) is 30.3 Å². The fourth-order valence-corrected chi connectivity index (χ4v) is 2.90. The van der Waals surface area contributed by atoms with E-state index < -0.39 is 17.9 Å². The monoisotopic (exact) mass is 369 g/mol. The van der Waals surface area contributed by atoms with Crippen LogP contribution >= 0.6 is 0 Å². The molecule has 2 atom stereocenters. The van der Waals surface area contributed by atoms with Gasteiger partial charge < -0.3 is 20.7 Å². The Hall–Kier alpha value is -3.36. The molecule has 1 saturated heterocycles. The second-order valence-corrected chi connectivity index (χ2v) is 6.25. The molecule has 3 N–H and O–H groups in total. The Bertz CT molecular complexity index is 885. The lowest BCUT2D eigenvalue weighted by Crippen LogP contribution is -2.44. The summed E-state index contributed by atoms with van der Waals surface area (Å²) >= 11 is 0. The average molecular weight is 369 g/mol. The number of aldehydes is 1. The maximum Gasteiger partial charge on any atom is 0.271 e. The smallest absolute Gasteiger partial charge is 0.271 e. The third-order valence-corrected chi connectivity index (χ3v) is 4.30. The minimum absolute atomic E-state index is 0.0936. The molecule has 2 unspecified atom stereocenters. The fourth-order valence-electron chi connectivity index (χ4n) is 2.90. The zero-order valence-electron chi connectivity index (χ0n) is 14.5. The first-order chi connectivity index (χ1) is 13.1. The Labute approximate surface area is 154 Å². The number of nitrogens with one attached hydrogen (secondary N) is 3. The molecule has 1 fully saturated rings. The van der Waals surface area contributed by atoms with E-state index in [0.717, 1.165) is 0 Å². The van der Waals surface area contributed by atoms with Gasteiger partial charge in [-0.1, -0.05) is 12.1 Å². The third kappa shape index (κ3) is 4.63. The van der Waals surface area contributed by atoms with Crippen molar-refractivity contribution >= 4 is 35.0 Å². The largest absolute Gasteiger partial charge is 0.356 e. The summed E-state index contributed by atoms with van der Waals surface area (Å²) in [6.45, 7) is 0.264. The summed E-state index contributed by atoms with van der Waals surface area (Å²) in [4.78, 5) is 55.2. The molecule has 3 amide bonds. The van der Waals surface area contributed by atoms with Crippen LogP contribution in [-0.4, -0.2) is 53.1 Å². The van der Waals surface area contributed by atoms with Crippen molar-refractivity contribution in [2.24, 2.45) is 5.92 Å². The SMILES string of the molecule is O=CC(CC1CCNC1=O)NC(=O)CNC(=O)c1cnc2ccccc2n1. The molecule has 1 aromatic carbocycles. The Kier molecular flexibility index (Phi) is 5.70. The molecule has 1 aliphatic rings. The van der Waals surface area contributed by atoms with Crippen LogP contribution in [-0.2, 0) is 14.4 Å². The van der Waals surface area contributed by atoms with Crippen LogP contribution in [0.3, 0.4) is 0 Å². The minimum atomic E-state index is -0.774. The molecule has 2 aromatic rings. The lowest BCUT2D eigenvalue weighted by molar-refractivity contribution is -0.125. The number of fused-ring (bicyclic) bond motifs is 1. The van der Waals surface area contributed by atoms with Gasteiger partial charge in [-0.2, -0.15) is 0 Å². The van der Waals surface area contributed by atoms with Gasteiger partial charge in [0.15, 0.2) is 0 Å². The van der Waals surface area contributed by atoms with Crippen molar-refractivity contribution in [1.29, 1.82) is 0 Å². The Balaban J connectivity index is 1.51. The number of aromatic nitrogens is 2. The van der Waals surface area contributed by atoms with Gasteiger partial charge in [-0.15, -0.1) is 0 Å². The van der Waals surface area contributed by atoms with Gasteiger partial charge >= 0.3 is 0 Å². The summed E-state index contributed by atoms with van der Waals surface area (Å²) in [5.41, 5.74) is 1.33. The molecule has 1 aromatic heterocycles. The summed E-state index contributed by atoms with van der Waals surface area (Å²) in [5.74, 6) is -1.46. The zero-order chi connectivity index (χ0) is 19.2. The van der Waals surface area contributed by atoms with Crippen molar-refractivity contribution < 1.29 is 19.2 Å². The van der Waals surface area contributed by atoms with Gasteiger partial charge in [-0.25, -0.2) is 4.98 Å². The third-order valence-electron chi connectivity index (χ3n) is 4.30. The van der Waals surface area contributed by atoms with E-state index in [1.807, 2.05) is 6.07 Å². The van der Waals surface area contributed by atoms with Gasteiger partial charge in [0.25, 0.3) is 5.91 Å². The first-order valence-electron chi connectivity index (χ1n) is 8.59. The van der Waals surface area contributed by atoms with Crippen LogP contribution in [0.15, 0.2) is 30.5 Å². The number of rotatable bonds is 7. The number of hydrogen-bond acceptors (Lipinski definition) is 6. The molecule has 9 nitrogen and oxygen atoms in total. The highest BCUT2D eigenvalue weighted by molar-refractivity contribution is 5.96. The van der Waals surface area contributed by atoms with E-state index in [1.165, 1.54) is 6.20 Å². The maximum absolute atomic E-state index is 12.2. The topological polar surface area (TPSA) is 130 Å². The standard InChI is InChI=1S/C18H19N5O4/c24-10-12(7-11-5-6-19-17(11)26)22-16(25)9-21-18(27)15-8-20-13-3-1-2-4-14(13)23-15/h1-4,8,10-12H,5-7,9H2,(H,19,26)(H,21,27)(H,22,25). The maximum atomic E-state index is 12.2. The summed E-state index contributed by atoms with van der Waals surface area (Å²) in [7, 11) is 0. The Morgan fingerprint density at radius 2 is 2.07 bits per heavy atom. The highest BCUT2D eigenvalue weighted by Gasteiger charge is 2.27. The Morgan fingerprint density at radius 3 is 2.78 bits per heavy atom. The van der Waals surface area contributed by atoms with Gasteiger partial charge in [0.05, 0.1) is 29.8 Å². The molecular weight excluding hydrogens is 350 g/mol. The first-order valence-corrected chi connectivity index (χ1v) is 8.59. The summed E-state index contributed by atoms with van der Waals surface area (Å²) in [5, 5.41) is 7.65. The molecule has 0 aliphatic carbocycles. The van der Waals surface area contributed by atoms with Crippen LogP contribution < -0.4 is 16.0 Å². The van der Waals surface area contributed by atoms with E-state index >= 15 is 0 Å². The van der Waals surface area contributed by atoms with Crippen molar-refractivity contribution in [2.45, 2.75) is 18.9 Å². The van der Waals surface area contributed by atoms with Gasteiger partial charge in [-0.05, 0) is 25.0 Å². The van der Waals surface area contributed by atoms with E-state index in [1.54, 1.807) is 18.2 Å². The number of carbonyl (C=O) groups is 4. The quantitative estimate of drug-likeness (QED) is 0.568. The van der Waals surface area contributed by atoms with E-state index in [4.69, 9.17) is 0 Å². The summed E-state index contributed by atoms with van der Waals surface area (Å²) < 4.78 is 0. The second kappa shape index (κ2) is 8.35. The van der Waals surface area contributed by atoms with Crippen LogP contribution in [0.25, 0.3) is 11.0 Å². The summed E-state index contributed by atoms with van der Waals surface area (Å²) in [6.07, 6.45) is 2.81. The molecular formula is C18H19N5O4. The lowest BCUT2D eigenvalue weighted by atomic mass is 9.99. The molecule has 27 heavy (non-hydrogen) atoms. The highest BCUT2D eigenvalue weighted by atomic mass is 16.2. The van der Waals surface area contributed by atoms with Crippen LogP contribution in [0.2, 0.25) is 0 Å². The molecule has 1 aliphatic heterocycles. The number of carbonyl (C=O) groups excluding carboxylic acids is 4. The fraction of sp³-hybridized carbons (Fsp3) is 0.333. The van der Waals surface area contributed by atoms with Crippen LogP contribution in [0.4, 0.5) is 0 Å². The van der Waals surface area contributed by atoms with Gasteiger partial charge in [0.1, 0.15) is 12.0 Å². The highest BCUT2D eigenvalue weighted by Crippen LogP contribution is 2.15. The molecule has 0 bridgehead atoms. The van der Waals surface area contributed by atoms with Crippen LogP contribution in [0.1, 0.15) is 23.3 Å². The van der Waals surface area contributed by atoms with E-state index in [9.17, 15) is 19.2 Å². The predicted molar refractivity (Wildman–Crippen MR) is 95.6 cm³/mol. The van der Waals surface area contributed by atoms with Gasteiger partial charge in [0.2, 0.25) is 11.8 Å². The van der Waals surface area contributed by atoms with Gasteiger partial charge in [-0.3, -0.25) is 19.4 Å². The van der Waals surface area contributed by atoms with Crippen molar-refractivity contribution in [3.63, 3.8) is 0 Å². The number of hydrogen-bond donors (Lipinski definition) is 3.